The van der Waals surface area contributed by atoms with Crippen LogP contribution in [0.1, 0.15) is 36.5 Å². The van der Waals surface area contributed by atoms with Crippen molar-refractivity contribution >= 4 is 21.8 Å². The summed E-state index contributed by atoms with van der Waals surface area (Å²) in [5, 5.41) is 2.34. The van der Waals surface area contributed by atoms with Gasteiger partial charge in [-0.15, -0.1) is 0 Å². The van der Waals surface area contributed by atoms with Gasteiger partial charge in [0.15, 0.2) is 0 Å². The molecule has 0 aliphatic carbocycles. The molecule has 0 saturated carbocycles. The average molecular weight is 339 g/mol. The summed E-state index contributed by atoms with van der Waals surface area (Å²) in [5.41, 5.74) is 5.15. The zero-order valence-electron chi connectivity index (χ0n) is 13.0. The van der Waals surface area contributed by atoms with E-state index in [1.54, 1.807) is 0 Å². The Morgan fingerprint density at radius 2 is 2.09 bits per heavy atom. The van der Waals surface area contributed by atoms with Crippen LogP contribution in [0.4, 0.5) is 0 Å². The van der Waals surface area contributed by atoms with Crippen molar-refractivity contribution in [1.29, 1.82) is 0 Å². The lowest BCUT2D eigenvalue weighted by molar-refractivity contribution is -0.117. The Kier molecular flexibility index (Phi) is 5.38. The van der Waals surface area contributed by atoms with E-state index in [-0.39, 0.29) is 23.0 Å². The second-order valence-corrected chi connectivity index (χ2v) is 7.53. The number of nitrogens with zero attached hydrogens (tertiary/aromatic N) is 1. The highest BCUT2D eigenvalue weighted by molar-refractivity contribution is 7.89. The van der Waals surface area contributed by atoms with Crippen molar-refractivity contribution < 1.29 is 18.0 Å². The van der Waals surface area contributed by atoms with Crippen molar-refractivity contribution in [3.63, 3.8) is 0 Å². The Balaban J connectivity index is 2.24. The molecule has 126 valence electrons. The van der Waals surface area contributed by atoms with E-state index < -0.39 is 21.8 Å². The van der Waals surface area contributed by atoms with Crippen LogP contribution >= 0.6 is 0 Å². The number of hydrogen-bond donors (Lipinski definition) is 2. The van der Waals surface area contributed by atoms with Gasteiger partial charge in [-0.2, -0.15) is 4.31 Å². The van der Waals surface area contributed by atoms with Crippen LogP contribution in [0, 0.1) is 0 Å². The van der Waals surface area contributed by atoms with Gasteiger partial charge >= 0.3 is 0 Å². The summed E-state index contributed by atoms with van der Waals surface area (Å²) in [6, 6.07) is 5.76. The van der Waals surface area contributed by atoms with Gasteiger partial charge in [-0.1, -0.05) is 12.5 Å². The maximum atomic E-state index is 12.8. The number of amides is 2. The third kappa shape index (κ3) is 4.08. The van der Waals surface area contributed by atoms with Gasteiger partial charge in [-0.3, -0.25) is 9.59 Å². The van der Waals surface area contributed by atoms with Gasteiger partial charge in [0.1, 0.15) is 0 Å². The fraction of sp³-hybridized carbons (Fsp3) is 0.467. The average Bonchev–Trinajstić information content (AvgIpc) is 2.53. The number of piperidine rings is 1. The van der Waals surface area contributed by atoms with Crippen molar-refractivity contribution in [3.8, 4) is 0 Å². The van der Waals surface area contributed by atoms with Gasteiger partial charge in [-0.05, 0) is 38.0 Å². The molecule has 0 unspecified atom stereocenters. The standard InChI is InChI=1S/C15H21N3O4S/c1-11-5-2-3-8-18(11)23(21,22)13-7-4-6-12(9-13)15(20)17-10-14(16)19/h4,6-7,9,11H,2-3,5,8,10H2,1H3,(H2,16,19)(H,17,20)/t11-/m1/s1. The largest absolute Gasteiger partial charge is 0.368 e. The number of sulfonamides is 1. The molecular formula is C15H21N3O4S. The first-order valence-electron chi connectivity index (χ1n) is 7.51. The molecule has 7 nitrogen and oxygen atoms in total. The van der Waals surface area contributed by atoms with Gasteiger partial charge < -0.3 is 11.1 Å². The van der Waals surface area contributed by atoms with Crippen LogP contribution in [0.5, 0.6) is 0 Å². The Hall–Kier alpha value is -1.93. The number of rotatable bonds is 5. The maximum Gasteiger partial charge on any atom is 0.251 e. The molecule has 2 rings (SSSR count). The summed E-state index contributed by atoms with van der Waals surface area (Å²) >= 11 is 0. The topological polar surface area (TPSA) is 110 Å². The van der Waals surface area contributed by atoms with Crippen LogP contribution in [0.2, 0.25) is 0 Å². The summed E-state index contributed by atoms with van der Waals surface area (Å²) in [7, 11) is -3.64. The van der Waals surface area contributed by atoms with Crippen LogP contribution in [0.15, 0.2) is 29.2 Å². The minimum absolute atomic E-state index is 0.0545. The predicted octanol–water partition coefficient (Wildman–Crippen LogP) is 0.465. The molecule has 2 amide bonds. The number of nitrogens with one attached hydrogen (secondary N) is 1. The van der Waals surface area contributed by atoms with Crippen molar-refractivity contribution in [1.82, 2.24) is 9.62 Å². The molecule has 1 aromatic rings. The van der Waals surface area contributed by atoms with E-state index >= 15 is 0 Å². The second-order valence-electron chi connectivity index (χ2n) is 5.64. The lowest BCUT2D eigenvalue weighted by Gasteiger charge is -2.32. The molecule has 23 heavy (non-hydrogen) atoms. The first kappa shape index (κ1) is 17.4. The Labute approximate surface area is 135 Å². The summed E-state index contributed by atoms with van der Waals surface area (Å²) < 4.78 is 27.0. The predicted molar refractivity (Wildman–Crippen MR) is 85.2 cm³/mol. The van der Waals surface area contributed by atoms with E-state index in [0.29, 0.717) is 6.54 Å². The monoisotopic (exact) mass is 339 g/mol. The highest BCUT2D eigenvalue weighted by atomic mass is 32.2. The lowest BCUT2D eigenvalue weighted by Crippen LogP contribution is -2.42. The molecule has 0 bridgehead atoms. The number of primary amides is 1. The molecule has 3 N–H and O–H groups in total. The summed E-state index contributed by atoms with van der Waals surface area (Å²) in [6.07, 6.45) is 2.68. The third-order valence-electron chi connectivity index (χ3n) is 3.87. The molecule has 1 atom stereocenters. The smallest absolute Gasteiger partial charge is 0.251 e. The Morgan fingerprint density at radius 1 is 1.35 bits per heavy atom. The van der Waals surface area contributed by atoms with Gasteiger partial charge in [0.05, 0.1) is 11.4 Å². The van der Waals surface area contributed by atoms with Crippen LogP contribution in [-0.2, 0) is 14.8 Å². The highest BCUT2D eigenvalue weighted by Gasteiger charge is 2.31. The Morgan fingerprint density at radius 3 is 2.74 bits per heavy atom. The summed E-state index contributed by atoms with van der Waals surface area (Å²) in [5.74, 6) is -1.20. The van der Waals surface area contributed by atoms with Crippen LogP contribution in [0.3, 0.4) is 0 Å². The Bertz CT molecular complexity index is 702. The number of carbonyl (C=O) groups is 2. The van der Waals surface area contributed by atoms with Crippen molar-refractivity contribution in [2.45, 2.75) is 37.1 Å². The lowest BCUT2D eigenvalue weighted by atomic mass is 10.1. The molecule has 1 saturated heterocycles. The molecule has 0 radical (unpaired) electrons. The number of hydrogen-bond acceptors (Lipinski definition) is 4. The van der Waals surface area contributed by atoms with E-state index in [4.69, 9.17) is 5.73 Å². The fourth-order valence-corrected chi connectivity index (χ4v) is 4.38. The third-order valence-corrected chi connectivity index (χ3v) is 5.88. The van der Waals surface area contributed by atoms with E-state index in [2.05, 4.69) is 5.32 Å². The van der Waals surface area contributed by atoms with Gasteiger partial charge in [0.2, 0.25) is 15.9 Å². The quantitative estimate of drug-likeness (QED) is 0.812. The van der Waals surface area contributed by atoms with Crippen LogP contribution in [0.25, 0.3) is 0 Å². The van der Waals surface area contributed by atoms with Crippen molar-refractivity contribution in [2.75, 3.05) is 13.1 Å². The molecule has 0 aromatic heterocycles. The molecule has 1 heterocycles. The van der Waals surface area contributed by atoms with Gasteiger partial charge in [0.25, 0.3) is 5.91 Å². The van der Waals surface area contributed by atoms with Gasteiger partial charge in [0, 0.05) is 18.2 Å². The number of benzene rings is 1. The highest BCUT2D eigenvalue weighted by Crippen LogP contribution is 2.25. The number of carbonyl (C=O) groups excluding carboxylic acids is 2. The summed E-state index contributed by atoms with van der Waals surface area (Å²) in [4.78, 5) is 22.7. The van der Waals surface area contributed by atoms with Gasteiger partial charge in [-0.25, -0.2) is 8.42 Å². The maximum absolute atomic E-state index is 12.8. The molecule has 1 fully saturated rings. The second kappa shape index (κ2) is 7.10. The van der Waals surface area contributed by atoms with E-state index in [1.165, 1.54) is 28.6 Å². The molecule has 8 heteroatoms. The van der Waals surface area contributed by atoms with Crippen LogP contribution in [-0.4, -0.2) is 43.7 Å². The fourth-order valence-electron chi connectivity index (χ4n) is 2.63. The number of nitrogens with two attached hydrogens (primary N) is 1. The first-order chi connectivity index (χ1) is 10.8. The molecule has 0 spiro atoms. The minimum atomic E-state index is -3.64. The van der Waals surface area contributed by atoms with Crippen molar-refractivity contribution in [3.05, 3.63) is 29.8 Å². The first-order valence-corrected chi connectivity index (χ1v) is 8.95. The van der Waals surface area contributed by atoms with Crippen molar-refractivity contribution in [2.24, 2.45) is 5.73 Å². The van der Waals surface area contributed by atoms with E-state index in [9.17, 15) is 18.0 Å². The molecule has 1 aliphatic rings. The normalized spacial score (nSPS) is 19.3. The van der Waals surface area contributed by atoms with E-state index in [1.807, 2.05) is 6.92 Å². The molecular weight excluding hydrogens is 318 g/mol. The minimum Gasteiger partial charge on any atom is -0.368 e. The zero-order valence-corrected chi connectivity index (χ0v) is 13.8. The summed E-state index contributed by atoms with van der Waals surface area (Å²) in [6.45, 7) is 2.08. The SMILES string of the molecule is C[C@@H]1CCCCN1S(=O)(=O)c1cccc(C(=O)NCC(N)=O)c1. The molecule has 1 aromatic carbocycles. The van der Waals surface area contributed by atoms with Crippen LogP contribution < -0.4 is 11.1 Å². The molecule has 1 aliphatic heterocycles. The zero-order chi connectivity index (χ0) is 17.0. The van der Waals surface area contributed by atoms with E-state index in [0.717, 1.165) is 19.3 Å².